The Kier molecular flexibility index (Phi) is 34.5. The van der Waals surface area contributed by atoms with E-state index in [0.717, 1.165) is 30.8 Å². The van der Waals surface area contributed by atoms with Crippen molar-refractivity contribution in [2.75, 3.05) is 26.0 Å². The minimum absolute atomic E-state index is 0.120. The number of nitrogens with one attached hydrogen (secondary N) is 2. The Balaban J connectivity index is -0.000000219. The largest absolute Gasteiger partial charge is 0.399 e. The van der Waals surface area contributed by atoms with Crippen LogP contribution < -0.4 is 16.4 Å². The summed E-state index contributed by atoms with van der Waals surface area (Å²) in [5, 5.41) is 5.15. The molecule has 0 aliphatic heterocycles. The third kappa shape index (κ3) is 30.3. The van der Waals surface area contributed by atoms with Gasteiger partial charge in [0.25, 0.3) is 0 Å². The molecule has 0 saturated heterocycles. The molecule has 1 aliphatic rings. The molecule has 7 heteroatoms. The number of terminal acetylenes is 1. The number of rotatable bonds is 7. The first-order valence-electron chi connectivity index (χ1n) is 13.7. The Morgan fingerprint density at radius 2 is 1.66 bits per heavy atom. The van der Waals surface area contributed by atoms with Crippen LogP contribution in [0.1, 0.15) is 72.4 Å². The van der Waals surface area contributed by atoms with Crippen LogP contribution in [0.5, 0.6) is 0 Å². The molecular weight excluding hydrogens is 515 g/mol. The molecule has 2 amide bonds. The van der Waals surface area contributed by atoms with E-state index in [2.05, 4.69) is 40.9 Å². The number of carbonyl (C=O) groups is 2. The van der Waals surface area contributed by atoms with Gasteiger partial charge in [-0.1, -0.05) is 50.3 Å². The lowest BCUT2D eigenvalue weighted by Gasteiger charge is -2.17. The van der Waals surface area contributed by atoms with Crippen molar-refractivity contribution >= 4 is 18.5 Å². The minimum Gasteiger partial charge on any atom is -0.399 e. The van der Waals surface area contributed by atoms with E-state index in [1.807, 2.05) is 91.2 Å². The van der Waals surface area contributed by atoms with Crippen LogP contribution in [0.2, 0.25) is 0 Å². The summed E-state index contributed by atoms with van der Waals surface area (Å²) in [7, 11) is 4.09. The quantitative estimate of drug-likeness (QED) is 0.135. The van der Waals surface area contributed by atoms with E-state index >= 15 is 0 Å². The Morgan fingerprint density at radius 1 is 1.10 bits per heavy atom. The van der Waals surface area contributed by atoms with Gasteiger partial charge >= 0.3 is 0 Å². The summed E-state index contributed by atoms with van der Waals surface area (Å²) in [4.78, 5) is 21.8. The highest BCUT2D eigenvalue weighted by Gasteiger charge is 2.04. The molecule has 4 N–H and O–H groups in total. The number of allylic oxidation sites excluding steroid dienone is 7. The number of hydrogen-bond donors (Lipinski definition) is 3. The number of nitrogens with two attached hydrogens (primary N) is 1. The summed E-state index contributed by atoms with van der Waals surface area (Å²) in [5.41, 5.74) is 12.3. The average Bonchev–Trinajstić information content (AvgIpc) is 3.11. The number of carbonyl (C=O) groups excluding carboxylic acids is 2. The summed E-state index contributed by atoms with van der Waals surface area (Å²) in [6.45, 7) is 17.6. The zero-order valence-corrected chi connectivity index (χ0v) is 27.3. The highest BCUT2D eigenvalue weighted by molar-refractivity contribution is 5.71. The maximum absolute atomic E-state index is 11.3. The molecule has 6 nitrogen and oxygen atoms in total. The summed E-state index contributed by atoms with van der Waals surface area (Å²) >= 11 is 0. The van der Waals surface area contributed by atoms with Crippen molar-refractivity contribution in [3.63, 3.8) is 0 Å². The number of hydrogen-bond acceptors (Lipinski definition) is 4. The van der Waals surface area contributed by atoms with Gasteiger partial charge in [-0.2, -0.15) is 0 Å². The van der Waals surface area contributed by atoms with Crippen LogP contribution in [-0.4, -0.2) is 38.4 Å². The van der Waals surface area contributed by atoms with Crippen LogP contribution >= 0.6 is 0 Å². The van der Waals surface area contributed by atoms with E-state index in [-0.39, 0.29) is 5.83 Å². The van der Waals surface area contributed by atoms with E-state index in [9.17, 15) is 14.0 Å². The molecule has 1 aliphatic carbocycles. The first-order chi connectivity index (χ1) is 19.4. The zero-order chi connectivity index (χ0) is 32.6. The number of nitrogens with zero attached hydrogens (tertiary/aromatic N) is 1. The van der Waals surface area contributed by atoms with Crippen LogP contribution in [0, 0.1) is 26.2 Å². The van der Waals surface area contributed by atoms with Gasteiger partial charge in [0, 0.05) is 37.7 Å². The van der Waals surface area contributed by atoms with E-state index in [4.69, 9.17) is 5.73 Å². The Morgan fingerprint density at radius 3 is 2.07 bits per heavy atom. The minimum atomic E-state index is -0.120. The average molecular weight is 571 g/mol. The van der Waals surface area contributed by atoms with Crippen molar-refractivity contribution in [2.24, 2.45) is 5.73 Å². The molecule has 0 unspecified atom stereocenters. The molecule has 0 heterocycles. The fourth-order valence-electron chi connectivity index (χ4n) is 2.68. The van der Waals surface area contributed by atoms with Gasteiger partial charge in [0.2, 0.25) is 12.8 Å². The van der Waals surface area contributed by atoms with Crippen molar-refractivity contribution in [2.45, 2.75) is 75.2 Å². The van der Waals surface area contributed by atoms with Gasteiger partial charge in [0.1, 0.15) is 0 Å². The lowest BCUT2D eigenvalue weighted by molar-refractivity contribution is -0.109. The predicted octanol–water partition coefficient (Wildman–Crippen LogP) is 7.74. The molecule has 0 aromatic heterocycles. The maximum atomic E-state index is 11.3. The van der Waals surface area contributed by atoms with E-state index in [1.165, 1.54) is 35.4 Å². The molecule has 2 rings (SSSR count). The zero-order valence-electron chi connectivity index (χ0n) is 27.3. The normalized spacial score (nSPS) is 11.3. The number of aryl methyl sites for hydroxylation is 2. The van der Waals surface area contributed by atoms with Gasteiger partial charge in [-0.3, -0.25) is 9.59 Å². The van der Waals surface area contributed by atoms with E-state index in [1.54, 1.807) is 13.8 Å². The highest BCUT2D eigenvalue weighted by atomic mass is 19.1. The van der Waals surface area contributed by atoms with Crippen LogP contribution in [-0.2, 0) is 9.59 Å². The van der Waals surface area contributed by atoms with Crippen molar-refractivity contribution < 1.29 is 14.0 Å². The second-order valence-electron chi connectivity index (χ2n) is 8.41. The Hall–Kier alpha value is -4.05. The number of halogens is 1. The topological polar surface area (TPSA) is 87.5 Å². The molecule has 1 aromatic carbocycles. The van der Waals surface area contributed by atoms with Crippen molar-refractivity contribution in [3.05, 3.63) is 88.6 Å². The second kappa shape index (κ2) is 32.2. The van der Waals surface area contributed by atoms with Crippen LogP contribution in [0.3, 0.4) is 0 Å². The van der Waals surface area contributed by atoms with Gasteiger partial charge in [-0.25, -0.2) is 4.39 Å². The van der Waals surface area contributed by atoms with Crippen molar-refractivity contribution in [1.82, 2.24) is 10.2 Å². The summed E-state index contributed by atoms with van der Waals surface area (Å²) in [5.74, 6) is 2.13. The van der Waals surface area contributed by atoms with E-state index in [0.29, 0.717) is 12.8 Å². The van der Waals surface area contributed by atoms with Gasteiger partial charge in [0.05, 0.1) is 5.83 Å². The van der Waals surface area contributed by atoms with Crippen LogP contribution in [0.25, 0.3) is 0 Å². The Bertz CT molecular complexity index is 1010. The second-order valence-corrected chi connectivity index (χ2v) is 8.41. The van der Waals surface area contributed by atoms with Gasteiger partial charge in [0.15, 0.2) is 0 Å². The lowest BCUT2D eigenvalue weighted by atomic mass is 10.1. The lowest BCUT2D eigenvalue weighted by Crippen LogP contribution is -2.11. The molecule has 1 aromatic rings. The number of benzene rings is 1. The van der Waals surface area contributed by atoms with Crippen molar-refractivity contribution in [1.29, 1.82) is 0 Å². The Labute approximate surface area is 250 Å². The van der Waals surface area contributed by atoms with Gasteiger partial charge in [-0.15, -0.1) is 12.3 Å². The summed E-state index contributed by atoms with van der Waals surface area (Å²) < 4.78 is 11.3. The SMILES string of the molecule is C#CC.C/C=C(\C)F.C/C=C\CCNC=O.CC.CC1=CC(N)=CCC=C1N(C)C.Cc1ccc(NC=O)cc1C. The molecule has 0 spiro atoms. The summed E-state index contributed by atoms with van der Waals surface area (Å²) in [6, 6.07) is 5.82. The molecule has 0 atom stereocenters. The fraction of sp³-hybridized carbons (Fsp3) is 0.412. The van der Waals surface area contributed by atoms with E-state index < -0.39 is 0 Å². The standard InChI is InChI=1S/C10H16N2.C9H11NO.C6H11NO.C4H7F.C3H4.C2H6/c1-8-7-9(11)5-4-6-10(8)12(2)3;1-7-3-4-9(10-6-11)5-8(7)2;1-2-3-4-5-7-6-8;1-3-4(2)5;1-3-2;1-2/h5-7H,4,11H2,1-3H3;3-6H,1-2H3,(H,10,11);2-3,6H,4-5H2,1H3,(H,7,8);3H,1-2H3;1H,2H3;1-2H3/b;;3-2-;4-3+;;. The van der Waals surface area contributed by atoms with Crippen LogP contribution in [0.4, 0.5) is 10.1 Å². The molecule has 0 radical (unpaired) electrons. The number of likely N-dealkylation sites (N-methyl/N-ethyl adjacent to an activating group) is 1. The smallest absolute Gasteiger partial charge is 0.211 e. The van der Waals surface area contributed by atoms with Crippen molar-refractivity contribution in [3.8, 4) is 12.3 Å². The monoisotopic (exact) mass is 570 g/mol. The first-order valence-corrected chi connectivity index (χ1v) is 13.7. The van der Waals surface area contributed by atoms with Crippen LogP contribution in [0.15, 0.2) is 77.4 Å². The third-order valence-electron chi connectivity index (χ3n) is 4.84. The molecule has 0 fully saturated rings. The number of anilines is 1. The number of amides is 2. The summed E-state index contributed by atoms with van der Waals surface area (Å²) in [6.07, 6.45) is 19.5. The van der Waals surface area contributed by atoms with Gasteiger partial charge < -0.3 is 21.3 Å². The third-order valence-corrected chi connectivity index (χ3v) is 4.84. The van der Waals surface area contributed by atoms with Gasteiger partial charge in [-0.05, 0) is 96.2 Å². The molecule has 41 heavy (non-hydrogen) atoms. The molecule has 0 saturated carbocycles. The molecule has 230 valence electrons. The highest BCUT2D eigenvalue weighted by Crippen LogP contribution is 2.17. The first kappa shape index (κ1) is 44.0. The fourth-order valence-corrected chi connectivity index (χ4v) is 2.68. The maximum Gasteiger partial charge on any atom is 0.211 e. The predicted molar refractivity (Wildman–Crippen MR) is 178 cm³/mol. The molecular formula is C34H55FN4O2. The molecule has 0 bridgehead atoms.